The maximum atomic E-state index is 11.0. The molecule has 18 heavy (non-hydrogen) atoms. The van der Waals surface area contributed by atoms with Crippen molar-refractivity contribution in [3.63, 3.8) is 0 Å². The predicted molar refractivity (Wildman–Crippen MR) is 64.4 cm³/mol. The second-order valence-corrected chi connectivity index (χ2v) is 3.91. The first-order valence-corrected chi connectivity index (χ1v) is 5.26. The third kappa shape index (κ3) is 1.88. The van der Waals surface area contributed by atoms with Crippen molar-refractivity contribution >= 4 is 22.4 Å². The lowest BCUT2D eigenvalue weighted by Gasteiger charge is -2.10. The van der Waals surface area contributed by atoms with Crippen molar-refractivity contribution in [2.24, 2.45) is 0 Å². The fourth-order valence-electron chi connectivity index (χ4n) is 1.87. The Kier molecular flexibility index (Phi) is 2.93. The van der Waals surface area contributed by atoms with Gasteiger partial charge in [0.15, 0.2) is 0 Å². The normalized spacial score (nSPS) is 12.3. The number of nitro benzene ring substituents is 1. The zero-order valence-electron chi connectivity index (χ0n) is 9.53. The molecule has 0 bridgehead atoms. The summed E-state index contributed by atoms with van der Waals surface area (Å²) in [4.78, 5) is 25.3. The zero-order chi connectivity index (χ0) is 13.3. The average Bonchev–Trinajstić information content (AvgIpc) is 2.36. The van der Waals surface area contributed by atoms with Crippen LogP contribution in [0.15, 0.2) is 30.6 Å². The van der Waals surface area contributed by atoms with Crippen LogP contribution in [0.2, 0.25) is 0 Å². The fourth-order valence-corrected chi connectivity index (χ4v) is 1.87. The van der Waals surface area contributed by atoms with Crippen molar-refractivity contribution < 1.29 is 14.8 Å². The summed E-state index contributed by atoms with van der Waals surface area (Å²) in [6, 6.07) is 4.32. The van der Waals surface area contributed by atoms with Crippen LogP contribution in [0, 0.1) is 10.1 Å². The molecule has 1 unspecified atom stereocenters. The van der Waals surface area contributed by atoms with Gasteiger partial charge in [-0.1, -0.05) is 6.07 Å². The fraction of sp³-hybridized carbons (Fsp3) is 0.167. The molecule has 1 N–H and O–H groups in total. The van der Waals surface area contributed by atoms with E-state index < -0.39 is 16.8 Å². The predicted octanol–water partition coefficient (Wildman–Crippen LogP) is 2.33. The summed E-state index contributed by atoms with van der Waals surface area (Å²) >= 11 is 0. The molecule has 0 saturated heterocycles. The zero-order valence-corrected chi connectivity index (χ0v) is 9.53. The third-order valence-corrected chi connectivity index (χ3v) is 2.86. The van der Waals surface area contributed by atoms with Gasteiger partial charge in [0.2, 0.25) is 0 Å². The molecular formula is C12H10N2O4. The minimum atomic E-state index is -0.978. The van der Waals surface area contributed by atoms with Gasteiger partial charge in [-0.25, -0.2) is 0 Å². The van der Waals surface area contributed by atoms with Crippen LogP contribution in [-0.4, -0.2) is 21.0 Å². The number of benzene rings is 1. The van der Waals surface area contributed by atoms with E-state index in [1.165, 1.54) is 37.5 Å². The number of non-ortho nitro benzene ring substituents is 1. The number of fused-ring (bicyclic) bond motifs is 1. The summed E-state index contributed by atoms with van der Waals surface area (Å²) in [6.07, 6.45) is 2.90. The van der Waals surface area contributed by atoms with Crippen LogP contribution in [-0.2, 0) is 4.79 Å². The highest BCUT2D eigenvalue weighted by Gasteiger charge is 2.20. The minimum Gasteiger partial charge on any atom is -0.481 e. The maximum Gasteiger partial charge on any atom is 0.310 e. The van der Waals surface area contributed by atoms with Gasteiger partial charge in [0.25, 0.3) is 5.69 Å². The number of aromatic nitrogens is 1. The van der Waals surface area contributed by atoms with E-state index in [2.05, 4.69) is 4.98 Å². The highest BCUT2D eigenvalue weighted by molar-refractivity contribution is 5.95. The van der Waals surface area contributed by atoms with E-state index in [4.69, 9.17) is 5.11 Å². The molecule has 1 aromatic carbocycles. The van der Waals surface area contributed by atoms with Gasteiger partial charge in [-0.2, -0.15) is 0 Å². The van der Waals surface area contributed by atoms with Crippen LogP contribution in [0.25, 0.3) is 10.8 Å². The first kappa shape index (κ1) is 12.0. The van der Waals surface area contributed by atoms with Crippen LogP contribution < -0.4 is 0 Å². The van der Waals surface area contributed by atoms with Crippen molar-refractivity contribution in [3.05, 3.63) is 46.3 Å². The minimum absolute atomic E-state index is 0.0475. The van der Waals surface area contributed by atoms with Crippen molar-refractivity contribution in [1.82, 2.24) is 4.98 Å². The molecule has 1 heterocycles. The molecule has 2 aromatic rings. The molecule has 1 atom stereocenters. The molecule has 6 heteroatoms. The van der Waals surface area contributed by atoms with E-state index in [-0.39, 0.29) is 5.69 Å². The molecule has 6 nitrogen and oxygen atoms in total. The first-order chi connectivity index (χ1) is 8.52. The number of carboxylic acid groups (broad SMARTS) is 1. The summed E-state index contributed by atoms with van der Waals surface area (Å²) in [6.45, 7) is 1.54. The summed E-state index contributed by atoms with van der Waals surface area (Å²) in [5, 5.41) is 20.8. The first-order valence-electron chi connectivity index (χ1n) is 5.26. The topological polar surface area (TPSA) is 93.3 Å². The van der Waals surface area contributed by atoms with Crippen molar-refractivity contribution in [2.75, 3.05) is 0 Å². The number of hydrogen-bond donors (Lipinski definition) is 1. The molecular weight excluding hydrogens is 236 g/mol. The largest absolute Gasteiger partial charge is 0.481 e. The monoisotopic (exact) mass is 246 g/mol. The van der Waals surface area contributed by atoms with E-state index in [1.54, 1.807) is 0 Å². The number of hydrogen-bond acceptors (Lipinski definition) is 4. The van der Waals surface area contributed by atoms with E-state index in [1.807, 2.05) is 0 Å². The Balaban J connectivity index is 2.76. The molecule has 2 rings (SSSR count). The molecule has 92 valence electrons. The quantitative estimate of drug-likeness (QED) is 0.662. The second-order valence-electron chi connectivity index (χ2n) is 3.91. The number of carboxylic acids is 1. The van der Waals surface area contributed by atoms with Crippen LogP contribution in [0.4, 0.5) is 5.69 Å². The number of aliphatic carboxylic acids is 1. The van der Waals surface area contributed by atoms with Gasteiger partial charge in [0.1, 0.15) is 0 Å². The molecule has 0 spiro atoms. The second kappa shape index (κ2) is 4.40. The molecule has 0 radical (unpaired) electrons. The third-order valence-electron chi connectivity index (χ3n) is 2.86. The van der Waals surface area contributed by atoms with Gasteiger partial charge in [-0.3, -0.25) is 19.9 Å². The summed E-state index contributed by atoms with van der Waals surface area (Å²) in [5.41, 5.74) is 0.477. The smallest absolute Gasteiger partial charge is 0.310 e. The molecule has 0 aliphatic rings. The van der Waals surface area contributed by atoms with Gasteiger partial charge in [-0.15, -0.1) is 0 Å². The Bertz CT molecular complexity index is 639. The molecule has 0 aliphatic heterocycles. The van der Waals surface area contributed by atoms with E-state index in [0.29, 0.717) is 16.3 Å². The van der Waals surface area contributed by atoms with Crippen LogP contribution >= 0.6 is 0 Å². The Labute approximate surface area is 102 Å². The number of nitrogens with zero attached hydrogens (tertiary/aromatic N) is 2. The molecule has 0 saturated carbocycles. The van der Waals surface area contributed by atoms with E-state index >= 15 is 0 Å². The molecule has 0 amide bonds. The summed E-state index contributed by atoms with van der Waals surface area (Å²) < 4.78 is 0. The van der Waals surface area contributed by atoms with Crippen LogP contribution in [0.3, 0.4) is 0 Å². The maximum absolute atomic E-state index is 11.0. The van der Waals surface area contributed by atoms with E-state index in [0.717, 1.165) is 0 Å². The Morgan fingerprint density at radius 2 is 2.11 bits per heavy atom. The number of rotatable bonds is 3. The van der Waals surface area contributed by atoms with Gasteiger partial charge < -0.3 is 5.11 Å². The highest BCUT2D eigenvalue weighted by Crippen LogP contribution is 2.31. The molecule has 1 aromatic heterocycles. The Morgan fingerprint density at radius 1 is 1.39 bits per heavy atom. The SMILES string of the molecule is CC(C(=O)O)c1ccc([N+](=O)[O-])c2ccncc12. The lowest BCUT2D eigenvalue weighted by atomic mass is 9.95. The van der Waals surface area contributed by atoms with Crippen molar-refractivity contribution in [2.45, 2.75) is 12.8 Å². The number of pyridine rings is 1. The lowest BCUT2D eigenvalue weighted by molar-refractivity contribution is -0.383. The Morgan fingerprint density at radius 3 is 2.72 bits per heavy atom. The highest BCUT2D eigenvalue weighted by atomic mass is 16.6. The van der Waals surface area contributed by atoms with Crippen LogP contribution in [0.1, 0.15) is 18.4 Å². The number of carbonyl (C=O) groups is 1. The van der Waals surface area contributed by atoms with Gasteiger partial charge in [0.05, 0.1) is 16.2 Å². The lowest BCUT2D eigenvalue weighted by Crippen LogP contribution is -2.08. The Hall–Kier alpha value is -2.50. The van der Waals surface area contributed by atoms with Crippen molar-refractivity contribution in [1.29, 1.82) is 0 Å². The van der Waals surface area contributed by atoms with Gasteiger partial charge >= 0.3 is 5.97 Å². The molecule has 0 fully saturated rings. The average molecular weight is 246 g/mol. The molecule has 0 aliphatic carbocycles. The van der Waals surface area contributed by atoms with Gasteiger partial charge in [0, 0.05) is 23.8 Å². The van der Waals surface area contributed by atoms with Crippen LogP contribution in [0.5, 0.6) is 0 Å². The number of nitro groups is 1. The van der Waals surface area contributed by atoms with Crippen molar-refractivity contribution in [3.8, 4) is 0 Å². The van der Waals surface area contributed by atoms with E-state index in [9.17, 15) is 14.9 Å². The standard InChI is InChI=1S/C12H10N2O4/c1-7(12(15)16)8-2-3-11(14(17)18)9-4-5-13-6-10(8)9/h2-7H,1H3,(H,15,16). The van der Waals surface area contributed by atoms with Gasteiger partial charge in [-0.05, 0) is 18.6 Å². The summed E-state index contributed by atoms with van der Waals surface area (Å²) in [5.74, 6) is -1.72. The summed E-state index contributed by atoms with van der Waals surface area (Å²) in [7, 11) is 0.